The smallest absolute Gasteiger partial charge is 0.202 e. The van der Waals surface area contributed by atoms with E-state index >= 15 is 0 Å². The Morgan fingerprint density at radius 2 is 1.79 bits per heavy atom. The molecule has 38 heavy (non-hydrogen) atoms. The van der Waals surface area contributed by atoms with E-state index in [0.717, 1.165) is 6.92 Å². The second-order valence-electron chi connectivity index (χ2n) is 9.75. The Morgan fingerprint density at radius 1 is 1.13 bits per heavy atom. The standard InChI is InChI=1S/C26H27NO10.ClH/c1-9-19(27)24(33)25(36-9)37-14-8-26(34,10(2)28)7-12-16(14)23(32)18-17(21(12)30)20(29)11-5-4-6-13(35-3)15(11)22(18)31;/h4-6,9,14,19,24-25,30,32-34H,7-8,27H2,1-3H3;1H/t9-,14+,19-,24-,25-,26+;/m1./s1. The molecule has 6 N–H and O–H groups in total. The van der Waals surface area contributed by atoms with Gasteiger partial charge in [0.1, 0.15) is 29.0 Å². The molecule has 0 bridgehead atoms. The first-order chi connectivity index (χ1) is 17.4. The molecule has 3 aliphatic rings. The first-order valence-electron chi connectivity index (χ1n) is 11.8. The molecular weight excluding hydrogens is 522 g/mol. The predicted octanol–water partition coefficient (Wildman–Crippen LogP) is 1.06. The van der Waals surface area contributed by atoms with Crippen LogP contribution in [0.4, 0.5) is 0 Å². The molecule has 12 heteroatoms. The van der Waals surface area contributed by atoms with Crippen molar-refractivity contribution in [1.82, 2.24) is 0 Å². The van der Waals surface area contributed by atoms with Gasteiger partial charge in [-0.2, -0.15) is 0 Å². The number of aromatic hydroxyl groups is 2. The number of aliphatic hydroxyl groups is 2. The van der Waals surface area contributed by atoms with E-state index in [-0.39, 0.29) is 46.8 Å². The summed E-state index contributed by atoms with van der Waals surface area (Å²) < 4.78 is 16.8. The van der Waals surface area contributed by atoms with Crippen molar-refractivity contribution in [3.63, 3.8) is 0 Å². The number of rotatable bonds is 4. The second-order valence-corrected chi connectivity index (χ2v) is 9.75. The van der Waals surface area contributed by atoms with E-state index in [1.165, 1.54) is 25.3 Å². The van der Waals surface area contributed by atoms with E-state index in [2.05, 4.69) is 0 Å². The summed E-state index contributed by atoms with van der Waals surface area (Å²) in [7, 11) is 1.33. The molecular formula is C26H28ClNO10. The molecule has 5 rings (SSSR count). The summed E-state index contributed by atoms with van der Waals surface area (Å²) in [5.41, 5.74) is 2.69. The second kappa shape index (κ2) is 9.60. The first kappa shape index (κ1) is 28.0. The third-order valence-corrected chi connectivity index (χ3v) is 7.59. The van der Waals surface area contributed by atoms with Gasteiger partial charge in [-0.25, -0.2) is 0 Å². The Bertz CT molecular complexity index is 1360. The number of halogens is 1. The number of Topliss-reactive ketones (excluding diaryl/α,β-unsaturated/α-hetero) is 1. The van der Waals surface area contributed by atoms with Crippen LogP contribution in [-0.4, -0.2) is 75.0 Å². The van der Waals surface area contributed by atoms with Crippen LogP contribution in [0.5, 0.6) is 17.2 Å². The average molecular weight is 550 g/mol. The topological polar surface area (TPSA) is 186 Å². The lowest BCUT2D eigenvalue weighted by Crippen LogP contribution is -2.46. The Hall–Kier alpha value is -3.06. The van der Waals surface area contributed by atoms with Crippen molar-refractivity contribution in [2.24, 2.45) is 5.73 Å². The summed E-state index contributed by atoms with van der Waals surface area (Å²) in [6.07, 6.45) is -5.26. The maximum Gasteiger partial charge on any atom is 0.202 e. The van der Waals surface area contributed by atoms with Gasteiger partial charge in [0.05, 0.1) is 42.0 Å². The van der Waals surface area contributed by atoms with Crippen LogP contribution in [0.15, 0.2) is 18.2 Å². The van der Waals surface area contributed by atoms with Gasteiger partial charge in [-0.05, 0) is 19.9 Å². The summed E-state index contributed by atoms with van der Waals surface area (Å²) >= 11 is 0. The highest BCUT2D eigenvalue weighted by molar-refractivity contribution is 6.31. The quantitative estimate of drug-likeness (QED) is 0.293. The predicted molar refractivity (Wildman–Crippen MR) is 133 cm³/mol. The molecule has 2 aromatic carbocycles. The fraction of sp³-hybridized carbons (Fsp3) is 0.423. The Kier molecular flexibility index (Phi) is 7.06. The van der Waals surface area contributed by atoms with Gasteiger partial charge in [0, 0.05) is 29.5 Å². The van der Waals surface area contributed by atoms with Gasteiger partial charge < -0.3 is 40.4 Å². The number of nitrogens with two attached hydrogens (primary N) is 1. The van der Waals surface area contributed by atoms with Crippen LogP contribution in [0.25, 0.3) is 0 Å². The molecule has 0 saturated carbocycles. The van der Waals surface area contributed by atoms with E-state index in [0.29, 0.717) is 0 Å². The van der Waals surface area contributed by atoms with E-state index in [9.17, 15) is 34.8 Å². The number of carbonyl (C=O) groups is 3. The third-order valence-electron chi connectivity index (χ3n) is 7.59. The van der Waals surface area contributed by atoms with Gasteiger partial charge in [0.15, 0.2) is 17.9 Å². The number of phenols is 2. The van der Waals surface area contributed by atoms with Gasteiger partial charge in [0.25, 0.3) is 0 Å². The molecule has 0 radical (unpaired) electrons. The summed E-state index contributed by atoms with van der Waals surface area (Å²) in [5.74, 6) is -3.31. The minimum Gasteiger partial charge on any atom is -0.507 e. The molecule has 2 aliphatic carbocycles. The van der Waals surface area contributed by atoms with Crippen molar-refractivity contribution in [2.45, 2.75) is 62.9 Å². The highest BCUT2D eigenvalue weighted by Crippen LogP contribution is 2.52. The van der Waals surface area contributed by atoms with Crippen LogP contribution >= 0.6 is 12.4 Å². The molecule has 204 valence electrons. The minimum atomic E-state index is -2.03. The van der Waals surface area contributed by atoms with Crippen LogP contribution in [-0.2, 0) is 20.7 Å². The zero-order chi connectivity index (χ0) is 27.0. The van der Waals surface area contributed by atoms with Gasteiger partial charge in [-0.1, -0.05) is 12.1 Å². The highest BCUT2D eigenvalue weighted by Gasteiger charge is 2.50. The largest absolute Gasteiger partial charge is 0.507 e. The van der Waals surface area contributed by atoms with Crippen LogP contribution in [0, 0.1) is 0 Å². The van der Waals surface area contributed by atoms with Gasteiger partial charge >= 0.3 is 0 Å². The molecule has 0 amide bonds. The number of fused-ring (bicyclic) bond motifs is 3. The van der Waals surface area contributed by atoms with Crippen molar-refractivity contribution >= 4 is 29.8 Å². The van der Waals surface area contributed by atoms with E-state index < -0.39 is 82.6 Å². The molecule has 2 aromatic rings. The Morgan fingerprint density at radius 3 is 2.37 bits per heavy atom. The number of phenolic OH excluding ortho intramolecular Hbond substituents is 2. The van der Waals surface area contributed by atoms with Crippen molar-refractivity contribution in [2.75, 3.05) is 7.11 Å². The molecule has 0 aromatic heterocycles. The highest BCUT2D eigenvalue weighted by atomic mass is 35.5. The Labute approximate surface area is 223 Å². The molecule has 11 nitrogen and oxygen atoms in total. The van der Waals surface area contributed by atoms with Gasteiger partial charge in [0.2, 0.25) is 5.78 Å². The zero-order valence-electron chi connectivity index (χ0n) is 20.8. The zero-order valence-corrected chi connectivity index (χ0v) is 21.6. The van der Waals surface area contributed by atoms with Crippen LogP contribution in [0.1, 0.15) is 69.3 Å². The van der Waals surface area contributed by atoms with Crippen molar-refractivity contribution in [3.8, 4) is 17.2 Å². The lowest BCUT2D eigenvalue weighted by molar-refractivity contribution is -0.203. The summed E-state index contributed by atoms with van der Waals surface area (Å²) in [4.78, 5) is 39.5. The van der Waals surface area contributed by atoms with Crippen LogP contribution in [0.3, 0.4) is 0 Å². The minimum absolute atomic E-state index is 0. The van der Waals surface area contributed by atoms with Crippen LogP contribution in [0.2, 0.25) is 0 Å². The number of aliphatic hydroxyl groups excluding tert-OH is 1. The molecule has 0 unspecified atom stereocenters. The molecule has 1 saturated heterocycles. The monoisotopic (exact) mass is 549 g/mol. The van der Waals surface area contributed by atoms with Crippen molar-refractivity contribution < 1.29 is 49.0 Å². The SMILES string of the molecule is COc1cccc2c1C(=O)c1c(O)c3c(c(O)c1C2=O)C[C@@](O)(C(C)=O)C[C@@H]3O[C@H]1O[C@H](C)[C@@H](N)[C@H]1O.Cl. The summed E-state index contributed by atoms with van der Waals surface area (Å²) in [5, 5.41) is 44.3. The van der Waals surface area contributed by atoms with Gasteiger partial charge in [-0.15, -0.1) is 12.4 Å². The fourth-order valence-corrected chi connectivity index (χ4v) is 5.42. The maximum atomic E-state index is 13.6. The Balaban J connectivity index is 0.00000336. The molecule has 1 heterocycles. The fourth-order valence-electron chi connectivity index (χ4n) is 5.42. The van der Waals surface area contributed by atoms with Crippen molar-refractivity contribution in [3.05, 3.63) is 51.6 Å². The number of methoxy groups -OCH3 is 1. The number of carbonyl (C=O) groups excluding carboxylic acids is 3. The number of hydrogen-bond donors (Lipinski definition) is 5. The van der Waals surface area contributed by atoms with E-state index in [1.807, 2.05) is 0 Å². The molecule has 1 fully saturated rings. The number of hydrogen-bond acceptors (Lipinski definition) is 11. The maximum absolute atomic E-state index is 13.6. The molecule has 0 spiro atoms. The molecule has 1 aliphatic heterocycles. The number of ether oxygens (including phenoxy) is 3. The van der Waals surface area contributed by atoms with Crippen LogP contribution < -0.4 is 10.5 Å². The first-order valence-corrected chi connectivity index (χ1v) is 11.8. The van der Waals surface area contributed by atoms with Crippen molar-refractivity contribution in [1.29, 1.82) is 0 Å². The van der Waals surface area contributed by atoms with Gasteiger partial charge in [-0.3, -0.25) is 14.4 Å². The summed E-state index contributed by atoms with van der Waals surface area (Å²) in [6.45, 7) is 2.79. The lowest BCUT2D eigenvalue weighted by Gasteiger charge is -2.39. The molecule has 6 atom stereocenters. The van der Waals surface area contributed by atoms with E-state index in [4.69, 9.17) is 19.9 Å². The normalized spacial score (nSPS) is 29.7. The summed E-state index contributed by atoms with van der Waals surface area (Å²) in [6, 6.07) is 3.62. The number of benzene rings is 2. The third kappa shape index (κ3) is 3.89. The average Bonchev–Trinajstić information content (AvgIpc) is 3.10. The van der Waals surface area contributed by atoms with E-state index in [1.54, 1.807) is 6.92 Å². The lowest BCUT2D eigenvalue weighted by atomic mass is 9.72. The number of ketones is 3.